The average molecular weight is 258 g/mol. The van der Waals surface area contributed by atoms with Crippen LogP contribution in [-0.2, 0) is 0 Å². The number of nitrogens with zero attached hydrogens (tertiary/aromatic N) is 4. The van der Waals surface area contributed by atoms with E-state index in [0.717, 1.165) is 12.4 Å². The lowest BCUT2D eigenvalue weighted by atomic mass is 10.6. The van der Waals surface area contributed by atoms with Crippen LogP contribution in [-0.4, -0.2) is 19.7 Å². The molecule has 0 radical (unpaired) electrons. The lowest BCUT2D eigenvalue weighted by Gasteiger charge is -1.96. The first-order chi connectivity index (χ1) is 6.66. The lowest BCUT2D eigenvalue weighted by molar-refractivity contribution is 0.608. The number of halogens is 2. The summed E-state index contributed by atoms with van der Waals surface area (Å²) >= 11 is 3.19. The van der Waals surface area contributed by atoms with E-state index in [9.17, 15) is 4.39 Å². The van der Waals surface area contributed by atoms with Gasteiger partial charge in [-0.05, 0) is 15.9 Å². The third-order valence-electron chi connectivity index (χ3n) is 1.51. The fourth-order valence-corrected chi connectivity index (χ4v) is 1.17. The molecule has 2 N–H and O–H groups in total. The molecule has 2 heterocycles. The molecule has 5 nitrogen and oxygen atoms in total. The molecule has 2 rings (SSSR count). The number of anilines is 1. The van der Waals surface area contributed by atoms with Gasteiger partial charge in [-0.1, -0.05) is 0 Å². The molecule has 7 heteroatoms. The van der Waals surface area contributed by atoms with Gasteiger partial charge in [-0.3, -0.25) is 0 Å². The zero-order valence-corrected chi connectivity index (χ0v) is 8.44. The van der Waals surface area contributed by atoms with E-state index >= 15 is 0 Å². The molecule has 0 atom stereocenters. The van der Waals surface area contributed by atoms with Crippen LogP contribution in [0.4, 0.5) is 10.2 Å². The maximum absolute atomic E-state index is 12.5. The van der Waals surface area contributed by atoms with Crippen LogP contribution in [0.3, 0.4) is 0 Å². The maximum Gasteiger partial charge on any atom is 0.250 e. The molecule has 0 saturated carbocycles. The normalized spacial score (nSPS) is 10.4. The van der Waals surface area contributed by atoms with Crippen LogP contribution < -0.4 is 5.73 Å². The second-order valence-corrected chi connectivity index (χ2v) is 3.36. The molecule has 0 aliphatic rings. The average Bonchev–Trinajstić information content (AvgIpc) is 2.48. The summed E-state index contributed by atoms with van der Waals surface area (Å²) in [5.74, 6) is 0.106. The Morgan fingerprint density at radius 3 is 2.50 bits per heavy atom. The van der Waals surface area contributed by atoms with Crippen LogP contribution in [0.15, 0.2) is 23.1 Å². The van der Waals surface area contributed by atoms with Gasteiger partial charge in [0.05, 0.1) is 23.1 Å². The van der Waals surface area contributed by atoms with E-state index in [4.69, 9.17) is 5.73 Å². The van der Waals surface area contributed by atoms with Crippen molar-refractivity contribution >= 4 is 21.7 Å². The van der Waals surface area contributed by atoms with Gasteiger partial charge in [0, 0.05) is 0 Å². The van der Waals surface area contributed by atoms with Crippen molar-refractivity contribution in [2.75, 3.05) is 5.73 Å². The Kier molecular flexibility index (Phi) is 2.16. The topological polar surface area (TPSA) is 69.6 Å². The van der Waals surface area contributed by atoms with Crippen LogP contribution in [0.25, 0.3) is 5.95 Å². The Morgan fingerprint density at radius 2 is 2.00 bits per heavy atom. The highest BCUT2D eigenvalue weighted by Gasteiger charge is 2.05. The van der Waals surface area contributed by atoms with Gasteiger partial charge < -0.3 is 5.73 Å². The van der Waals surface area contributed by atoms with Gasteiger partial charge in [0.2, 0.25) is 0 Å². The summed E-state index contributed by atoms with van der Waals surface area (Å²) in [5.41, 5.74) is 5.50. The zero-order chi connectivity index (χ0) is 10.1. The van der Waals surface area contributed by atoms with Crippen molar-refractivity contribution < 1.29 is 4.39 Å². The summed E-state index contributed by atoms with van der Waals surface area (Å²) in [5, 5.41) is 3.91. The summed E-state index contributed by atoms with van der Waals surface area (Å²) in [6.45, 7) is 0. The van der Waals surface area contributed by atoms with E-state index in [1.165, 1.54) is 4.68 Å². The third-order valence-corrected chi connectivity index (χ3v) is 2.12. The molecule has 2 aromatic rings. The van der Waals surface area contributed by atoms with E-state index in [1.807, 2.05) is 0 Å². The van der Waals surface area contributed by atoms with Gasteiger partial charge in [-0.25, -0.2) is 19.0 Å². The van der Waals surface area contributed by atoms with E-state index in [2.05, 4.69) is 31.0 Å². The zero-order valence-electron chi connectivity index (χ0n) is 6.85. The highest BCUT2D eigenvalue weighted by atomic mass is 79.9. The van der Waals surface area contributed by atoms with Crippen LogP contribution in [0.2, 0.25) is 0 Å². The number of rotatable bonds is 1. The maximum atomic E-state index is 12.5. The fourth-order valence-electron chi connectivity index (χ4n) is 0.892. The Morgan fingerprint density at radius 1 is 1.36 bits per heavy atom. The molecule has 2 aromatic heterocycles. The molecule has 0 aliphatic carbocycles. The molecule has 0 unspecified atom stereocenters. The summed E-state index contributed by atoms with van der Waals surface area (Å²) in [6, 6.07) is 0. The van der Waals surface area contributed by atoms with Crippen LogP contribution in [0.5, 0.6) is 0 Å². The molecule has 72 valence electrons. The molecule has 0 amide bonds. The summed E-state index contributed by atoms with van der Waals surface area (Å²) in [4.78, 5) is 7.48. The minimum atomic E-state index is -0.493. The van der Waals surface area contributed by atoms with Crippen molar-refractivity contribution in [2.24, 2.45) is 0 Å². The molecule has 0 saturated heterocycles. The SMILES string of the molecule is Nc1nn(-c2ncc(F)cn2)cc1Br. The standard InChI is InChI=1S/C7H5BrFN5/c8-5-3-14(13-6(5)10)7-11-1-4(9)2-12-7/h1-3H,(H2,10,13). The highest BCUT2D eigenvalue weighted by Crippen LogP contribution is 2.17. The van der Waals surface area contributed by atoms with Crippen molar-refractivity contribution in [1.82, 2.24) is 19.7 Å². The van der Waals surface area contributed by atoms with Crippen molar-refractivity contribution in [2.45, 2.75) is 0 Å². The van der Waals surface area contributed by atoms with E-state index < -0.39 is 5.82 Å². The van der Waals surface area contributed by atoms with Gasteiger partial charge in [0.1, 0.15) is 0 Å². The van der Waals surface area contributed by atoms with Crippen molar-refractivity contribution in [3.05, 3.63) is 28.9 Å². The van der Waals surface area contributed by atoms with Gasteiger partial charge in [0.15, 0.2) is 11.6 Å². The Labute approximate surface area is 86.9 Å². The number of hydrogen-bond donors (Lipinski definition) is 1. The van der Waals surface area contributed by atoms with Crippen LogP contribution in [0.1, 0.15) is 0 Å². The molecular weight excluding hydrogens is 253 g/mol. The number of nitrogens with two attached hydrogens (primary N) is 1. The third kappa shape index (κ3) is 1.58. The Balaban J connectivity index is 2.44. The van der Waals surface area contributed by atoms with E-state index in [1.54, 1.807) is 6.20 Å². The first-order valence-electron chi connectivity index (χ1n) is 3.65. The smallest absolute Gasteiger partial charge is 0.250 e. The molecule has 14 heavy (non-hydrogen) atoms. The quantitative estimate of drug-likeness (QED) is 0.832. The minimum absolute atomic E-state index is 0.267. The molecule has 0 bridgehead atoms. The van der Waals surface area contributed by atoms with Gasteiger partial charge in [-0.2, -0.15) is 0 Å². The Hall–Kier alpha value is -1.50. The largest absolute Gasteiger partial charge is 0.381 e. The minimum Gasteiger partial charge on any atom is -0.381 e. The predicted octanol–water partition coefficient (Wildman–Crippen LogP) is 1.15. The molecule has 0 spiro atoms. The first-order valence-corrected chi connectivity index (χ1v) is 4.44. The molecular formula is C7H5BrFN5. The fraction of sp³-hybridized carbons (Fsp3) is 0. The van der Waals surface area contributed by atoms with Crippen molar-refractivity contribution in [3.8, 4) is 5.95 Å². The number of aromatic nitrogens is 4. The van der Waals surface area contributed by atoms with Gasteiger partial charge in [-0.15, -0.1) is 5.10 Å². The van der Waals surface area contributed by atoms with Crippen LogP contribution in [0, 0.1) is 5.82 Å². The van der Waals surface area contributed by atoms with Crippen LogP contribution >= 0.6 is 15.9 Å². The number of hydrogen-bond acceptors (Lipinski definition) is 4. The molecule has 0 fully saturated rings. The van der Waals surface area contributed by atoms with E-state index in [-0.39, 0.29) is 5.95 Å². The summed E-state index contributed by atoms with van der Waals surface area (Å²) in [7, 11) is 0. The first kappa shape index (κ1) is 9.07. The highest BCUT2D eigenvalue weighted by molar-refractivity contribution is 9.10. The molecule has 0 aliphatic heterocycles. The summed E-state index contributed by atoms with van der Waals surface area (Å²) in [6.07, 6.45) is 3.73. The summed E-state index contributed by atoms with van der Waals surface area (Å²) < 4.78 is 14.5. The second kappa shape index (κ2) is 3.33. The predicted molar refractivity (Wildman–Crippen MR) is 51.2 cm³/mol. The van der Waals surface area contributed by atoms with Gasteiger partial charge >= 0.3 is 0 Å². The van der Waals surface area contributed by atoms with Crippen molar-refractivity contribution in [3.63, 3.8) is 0 Å². The van der Waals surface area contributed by atoms with E-state index in [0.29, 0.717) is 10.3 Å². The monoisotopic (exact) mass is 257 g/mol. The second-order valence-electron chi connectivity index (χ2n) is 2.51. The van der Waals surface area contributed by atoms with Gasteiger partial charge in [0.25, 0.3) is 5.95 Å². The molecule has 0 aromatic carbocycles. The Bertz CT molecular complexity index is 432. The number of nitrogen functional groups attached to an aromatic ring is 1. The lowest BCUT2D eigenvalue weighted by Crippen LogP contribution is -2.02. The van der Waals surface area contributed by atoms with Crippen molar-refractivity contribution in [1.29, 1.82) is 0 Å².